The standard InChI is InChI=1S/C17H29NO/c1-14(19)12-17(13-16-8-4-5-9-16)15(2)18-10-6-3-7-11-18/h16-17H,2-13H2,1H3/t17-/m0/s1. The summed E-state index contributed by atoms with van der Waals surface area (Å²) in [6, 6.07) is 0. The van der Waals surface area contributed by atoms with Crippen molar-refractivity contribution < 1.29 is 4.79 Å². The second-order valence-electron chi connectivity index (χ2n) is 6.53. The minimum Gasteiger partial charge on any atom is -0.375 e. The van der Waals surface area contributed by atoms with E-state index in [9.17, 15) is 4.79 Å². The summed E-state index contributed by atoms with van der Waals surface area (Å²) in [6.07, 6.45) is 11.3. The number of Topliss-reactive ketones (excluding diaryl/α,β-unsaturated/α-hetero) is 1. The quantitative estimate of drug-likeness (QED) is 0.717. The maximum atomic E-state index is 11.6. The predicted octanol–water partition coefficient (Wildman–Crippen LogP) is 4.16. The molecule has 0 unspecified atom stereocenters. The summed E-state index contributed by atoms with van der Waals surface area (Å²) >= 11 is 0. The lowest BCUT2D eigenvalue weighted by atomic mass is 9.87. The number of likely N-dealkylation sites (tertiary alicyclic amines) is 1. The first-order valence-corrected chi connectivity index (χ1v) is 8.10. The van der Waals surface area contributed by atoms with E-state index in [-0.39, 0.29) is 0 Å². The number of piperidine rings is 1. The van der Waals surface area contributed by atoms with Gasteiger partial charge in [-0.3, -0.25) is 0 Å². The average molecular weight is 263 g/mol. The topological polar surface area (TPSA) is 20.3 Å². The van der Waals surface area contributed by atoms with Gasteiger partial charge in [0.05, 0.1) is 0 Å². The lowest BCUT2D eigenvalue weighted by molar-refractivity contribution is -0.117. The molecule has 1 atom stereocenters. The van der Waals surface area contributed by atoms with Gasteiger partial charge in [-0.05, 0) is 38.5 Å². The molecule has 19 heavy (non-hydrogen) atoms. The van der Waals surface area contributed by atoms with E-state index in [4.69, 9.17) is 0 Å². The zero-order chi connectivity index (χ0) is 13.7. The van der Waals surface area contributed by atoms with E-state index in [1.54, 1.807) is 6.92 Å². The summed E-state index contributed by atoms with van der Waals surface area (Å²) in [4.78, 5) is 14.0. The maximum absolute atomic E-state index is 11.6. The Morgan fingerprint density at radius 2 is 1.79 bits per heavy atom. The highest BCUT2D eigenvalue weighted by Crippen LogP contribution is 2.35. The molecule has 0 N–H and O–H groups in total. The maximum Gasteiger partial charge on any atom is 0.130 e. The van der Waals surface area contributed by atoms with E-state index in [1.165, 1.54) is 57.1 Å². The predicted molar refractivity (Wildman–Crippen MR) is 79.9 cm³/mol. The molecule has 1 heterocycles. The number of carbonyl (C=O) groups is 1. The molecule has 2 fully saturated rings. The monoisotopic (exact) mass is 263 g/mol. The van der Waals surface area contributed by atoms with E-state index in [2.05, 4.69) is 11.5 Å². The number of hydrogen-bond donors (Lipinski definition) is 0. The van der Waals surface area contributed by atoms with Gasteiger partial charge in [-0.15, -0.1) is 0 Å². The highest BCUT2D eigenvalue weighted by atomic mass is 16.1. The molecule has 108 valence electrons. The van der Waals surface area contributed by atoms with E-state index >= 15 is 0 Å². The third-order valence-electron chi connectivity index (χ3n) is 4.86. The van der Waals surface area contributed by atoms with Crippen molar-refractivity contribution in [1.29, 1.82) is 0 Å². The van der Waals surface area contributed by atoms with Crippen molar-refractivity contribution >= 4 is 5.78 Å². The van der Waals surface area contributed by atoms with Gasteiger partial charge in [0.1, 0.15) is 5.78 Å². The minimum absolute atomic E-state index is 0.321. The molecular formula is C17H29NO. The zero-order valence-electron chi connectivity index (χ0n) is 12.5. The van der Waals surface area contributed by atoms with Crippen LogP contribution in [-0.4, -0.2) is 23.8 Å². The van der Waals surface area contributed by atoms with Gasteiger partial charge in [-0.2, -0.15) is 0 Å². The molecule has 0 spiro atoms. The van der Waals surface area contributed by atoms with Gasteiger partial charge >= 0.3 is 0 Å². The summed E-state index contributed by atoms with van der Waals surface area (Å²) in [5.74, 6) is 1.56. The number of ketones is 1. The highest BCUT2D eigenvalue weighted by Gasteiger charge is 2.26. The molecule has 2 rings (SSSR count). The van der Waals surface area contributed by atoms with E-state index in [1.807, 2.05) is 0 Å². The average Bonchev–Trinajstić information content (AvgIpc) is 2.90. The molecule has 2 heteroatoms. The molecule has 0 aromatic heterocycles. The van der Waals surface area contributed by atoms with Crippen LogP contribution in [0.25, 0.3) is 0 Å². The Morgan fingerprint density at radius 1 is 1.16 bits per heavy atom. The van der Waals surface area contributed by atoms with Crippen LogP contribution in [-0.2, 0) is 4.79 Å². The van der Waals surface area contributed by atoms with Gasteiger partial charge < -0.3 is 9.69 Å². The lowest BCUT2D eigenvalue weighted by Gasteiger charge is -2.35. The molecule has 1 aliphatic heterocycles. The van der Waals surface area contributed by atoms with Crippen molar-refractivity contribution in [3.05, 3.63) is 12.3 Å². The Balaban J connectivity index is 1.94. The van der Waals surface area contributed by atoms with Crippen LogP contribution < -0.4 is 0 Å². The van der Waals surface area contributed by atoms with Crippen LogP contribution in [0, 0.1) is 11.8 Å². The van der Waals surface area contributed by atoms with Gasteiger partial charge in [0, 0.05) is 31.1 Å². The second-order valence-corrected chi connectivity index (χ2v) is 6.53. The number of hydrogen-bond acceptors (Lipinski definition) is 2. The highest BCUT2D eigenvalue weighted by molar-refractivity contribution is 5.76. The summed E-state index contributed by atoms with van der Waals surface area (Å²) in [5.41, 5.74) is 1.25. The first-order valence-electron chi connectivity index (χ1n) is 8.10. The Labute approximate surface area is 118 Å². The molecule has 0 bridgehead atoms. The number of nitrogens with zero attached hydrogens (tertiary/aromatic N) is 1. The first-order chi connectivity index (χ1) is 9.16. The van der Waals surface area contributed by atoms with Crippen LogP contribution in [0.1, 0.15) is 64.7 Å². The summed E-state index contributed by atoms with van der Waals surface area (Å²) < 4.78 is 0. The fourth-order valence-corrected chi connectivity index (χ4v) is 3.77. The summed E-state index contributed by atoms with van der Waals surface area (Å²) in [6.45, 7) is 8.38. The Hall–Kier alpha value is -0.790. The van der Waals surface area contributed by atoms with E-state index < -0.39 is 0 Å². The smallest absolute Gasteiger partial charge is 0.130 e. The fraction of sp³-hybridized carbons (Fsp3) is 0.824. The molecule has 0 amide bonds. The summed E-state index contributed by atoms with van der Waals surface area (Å²) in [7, 11) is 0. The molecule has 1 aliphatic carbocycles. The Kier molecular flexibility index (Phi) is 5.47. The van der Waals surface area contributed by atoms with Crippen LogP contribution in [0.5, 0.6) is 0 Å². The number of carbonyl (C=O) groups excluding carboxylic acids is 1. The van der Waals surface area contributed by atoms with Gasteiger partial charge in [0.25, 0.3) is 0 Å². The number of allylic oxidation sites excluding steroid dienone is 1. The van der Waals surface area contributed by atoms with Crippen LogP contribution >= 0.6 is 0 Å². The minimum atomic E-state index is 0.321. The van der Waals surface area contributed by atoms with E-state index in [0.29, 0.717) is 18.1 Å². The Morgan fingerprint density at radius 3 is 2.37 bits per heavy atom. The lowest BCUT2D eigenvalue weighted by Crippen LogP contribution is -2.33. The second kappa shape index (κ2) is 7.12. The molecule has 1 saturated carbocycles. The molecule has 0 aromatic rings. The molecule has 0 radical (unpaired) electrons. The van der Waals surface area contributed by atoms with Crippen molar-refractivity contribution in [2.24, 2.45) is 11.8 Å². The van der Waals surface area contributed by atoms with Gasteiger partial charge in [0.15, 0.2) is 0 Å². The Bertz CT molecular complexity index is 311. The van der Waals surface area contributed by atoms with Crippen molar-refractivity contribution in [1.82, 2.24) is 4.90 Å². The molecule has 2 nitrogen and oxygen atoms in total. The largest absolute Gasteiger partial charge is 0.375 e. The number of rotatable bonds is 6. The molecule has 2 aliphatic rings. The van der Waals surface area contributed by atoms with Crippen molar-refractivity contribution in [2.75, 3.05) is 13.1 Å². The first kappa shape index (κ1) is 14.6. The molecule has 1 saturated heterocycles. The zero-order valence-corrected chi connectivity index (χ0v) is 12.5. The van der Waals surface area contributed by atoms with Gasteiger partial charge in [-0.1, -0.05) is 32.3 Å². The van der Waals surface area contributed by atoms with Crippen LogP contribution in [0.4, 0.5) is 0 Å². The van der Waals surface area contributed by atoms with Crippen LogP contribution in [0.15, 0.2) is 12.3 Å². The fourth-order valence-electron chi connectivity index (χ4n) is 3.77. The van der Waals surface area contributed by atoms with Crippen molar-refractivity contribution in [3.63, 3.8) is 0 Å². The molecular weight excluding hydrogens is 234 g/mol. The van der Waals surface area contributed by atoms with Gasteiger partial charge in [-0.25, -0.2) is 0 Å². The normalized spacial score (nSPS) is 22.5. The van der Waals surface area contributed by atoms with Crippen molar-refractivity contribution in [2.45, 2.75) is 64.7 Å². The van der Waals surface area contributed by atoms with Crippen molar-refractivity contribution in [3.8, 4) is 0 Å². The summed E-state index contributed by atoms with van der Waals surface area (Å²) in [5, 5.41) is 0. The third kappa shape index (κ3) is 4.36. The third-order valence-corrected chi connectivity index (χ3v) is 4.86. The SMILES string of the molecule is C=C([C@@H](CC(C)=O)CC1CCCC1)N1CCCCC1. The van der Waals surface area contributed by atoms with Crippen LogP contribution in [0.3, 0.4) is 0 Å². The van der Waals surface area contributed by atoms with Gasteiger partial charge in [0.2, 0.25) is 0 Å². The molecule has 0 aromatic carbocycles. The van der Waals surface area contributed by atoms with E-state index in [0.717, 1.165) is 19.0 Å². The van der Waals surface area contributed by atoms with Crippen LogP contribution in [0.2, 0.25) is 0 Å².